The Morgan fingerprint density at radius 3 is 2.79 bits per heavy atom. The van der Waals surface area contributed by atoms with Crippen molar-refractivity contribution in [3.63, 3.8) is 0 Å². The van der Waals surface area contributed by atoms with Crippen LogP contribution in [0.15, 0.2) is 34.0 Å². The number of carbonyl (C=O) groups is 1. The number of aryl methyl sites for hydroxylation is 1. The largest absolute Gasteiger partial charge is 0.493 e. The van der Waals surface area contributed by atoms with E-state index in [9.17, 15) is 4.79 Å². The fourth-order valence-electron chi connectivity index (χ4n) is 4.34. The molecular formula is C22H26N2O4. The zero-order valence-corrected chi connectivity index (χ0v) is 17.0. The monoisotopic (exact) mass is 382 g/mol. The van der Waals surface area contributed by atoms with Gasteiger partial charge in [0.1, 0.15) is 0 Å². The topological polar surface area (TPSA) is 73.6 Å². The zero-order chi connectivity index (χ0) is 20.1. The average Bonchev–Trinajstić information content (AvgIpc) is 3.00. The predicted molar refractivity (Wildman–Crippen MR) is 106 cm³/mol. The van der Waals surface area contributed by atoms with Gasteiger partial charge in [0.15, 0.2) is 17.3 Å². The highest BCUT2D eigenvalue weighted by atomic mass is 16.5. The minimum absolute atomic E-state index is 0.0869. The number of hydrogen-bond acceptors (Lipinski definition) is 6. The second-order valence-corrected chi connectivity index (χ2v) is 8.25. The summed E-state index contributed by atoms with van der Waals surface area (Å²) in [6.45, 7) is 8.61. The third-order valence-electron chi connectivity index (χ3n) is 5.49. The Bertz CT molecular complexity index is 971. The maximum absolute atomic E-state index is 13.2. The number of benzene rings is 1. The van der Waals surface area contributed by atoms with Gasteiger partial charge in [0, 0.05) is 23.6 Å². The normalized spacial score (nSPS) is 20.3. The van der Waals surface area contributed by atoms with Crippen molar-refractivity contribution < 1.29 is 18.8 Å². The Balaban J connectivity index is 1.90. The van der Waals surface area contributed by atoms with Gasteiger partial charge in [0.25, 0.3) is 0 Å². The lowest BCUT2D eigenvalue weighted by molar-refractivity contribution is -0.118. The highest BCUT2D eigenvalue weighted by Crippen LogP contribution is 2.50. The second kappa shape index (κ2) is 6.69. The third kappa shape index (κ3) is 2.97. The van der Waals surface area contributed by atoms with Gasteiger partial charge in [-0.05, 0) is 43.4 Å². The molecule has 1 aromatic heterocycles. The van der Waals surface area contributed by atoms with Gasteiger partial charge in [-0.25, -0.2) is 0 Å². The van der Waals surface area contributed by atoms with Crippen LogP contribution >= 0.6 is 0 Å². The van der Waals surface area contributed by atoms with Gasteiger partial charge < -0.3 is 19.3 Å². The molecule has 1 atom stereocenters. The van der Waals surface area contributed by atoms with Crippen molar-refractivity contribution in [3.05, 3.63) is 46.3 Å². The van der Waals surface area contributed by atoms with Crippen LogP contribution in [0, 0.1) is 12.3 Å². The van der Waals surface area contributed by atoms with Crippen LogP contribution in [0.5, 0.6) is 11.5 Å². The number of ketones is 1. The van der Waals surface area contributed by atoms with E-state index in [2.05, 4.69) is 24.3 Å². The fraction of sp³-hybridized carbons (Fsp3) is 0.455. The van der Waals surface area contributed by atoms with Gasteiger partial charge >= 0.3 is 0 Å². The van der Waals surface area contributed by atoms with Crippen molar-refractivity contribution >= 4 is 11.7 Å². The number of aromatic nitrogens is 1. The van der Waals surface area contributed by atoms with E-state index >= 15 is 0 Å². The van der Waals surface area contributed by atoms with E-state index in [4.69, 9.17) is 14.0 Å². The van der Waals surface area contributed by atoms with Crippen molar-refractivity contribution in [3.8, 4) is 11.5 Å². The highest BCUT2D eigenvalue weighted by molar-refractivity contribution is 6.01. The maximum atomic E-state index is 13.2. The second-order valence-electron chi connectivity index (χ2n) is 8.25. The molecule has 0 saturated carbocycles. The van der Waals surface area contributed by atoms with Crippen LogP contribution < -0.4 is 14.8 Å². The molecule has 0 unspecified atom stereocenters. The summed E-state index contributed by atoms with van der Waals surface area (Å²) in [5.41, 5.74) is 4.33. The Morgan fingerprint density at radius 1 is 1.29 bits per heavy atom. The zero-order valence-electron chi connectivity index (χ0n) is 17.0. The van der Waals surface area contributed by atoms with Crippen LogP contribution in [-0.2, 0) is 4.79 Å². The Kier molecular flexibility index (Phi) is 4.44. The molecule has 1 aliphatic carbocycles. The smallest absolute Gasteiger partial charge is 0.233 e. The van der Waals surface area contributed by atoms with Crippen molar-refractivity contribution in [2.45, 2.75) is 46.5 Å². The lowest BCUT2D eigenvalue weighted by atomic mass is 9.69. The summed E-state index contributed by atoms with van der Waals surface area (Å²) in [6, 6.07) is 5.85. The van der Waals surface area contributed by atoms with E-state index in [-0.39, 0.29) is 17.1 Å². The molecule has 2 heterocycles. The first-order valence-corrected chi connectivity index (χ1v) is 9.64. The van der Waals surface area contributed by atoms with E-state index in [0.717, 1.165) is 34.5 Å². The SMILES string of the molecule is CCOc1cc([C@H]2C3=C(CC(C)(C)CC3=O)Nc3onc(C)c32)ccc1OC. The minimum Gasteiger partial charge on any atom is -0.493 e. The summed E-state index contributed by atoms with van der Waals surface area (Å²) in [4.78, 5) is 13.2. The molecule has 2 aliphatic rings. The number of fused-ring (bicyclic) bond motifs is 1. The summed E-state index contributed by atoms with van der Waals surface area (Å²) in [7, 11) is 1.62. The Morgan fingerprint density at radius 2 is 2.07 bits per heavy atom. The number of anilines is 1. The molecule has 0 saturated heterocycles. The molecular weight excluding hydrogens is 356 g/mol. The molecule has 0 spiro atoms. The number of nitrogens with zero attached hydrogens (tertiary/aromatic N) is 1. The number of hydrogen-bond donors (Lipinski definition) is 1. The highest BCUT2D eigenvalue weighted by Gasteiger charge is 2.43. The fourth-order valence-corrected chi connectivity index (χ4v) is 4.34. The Labute approximate surface area is 164 Å². The van der Waals surface area contributed by atoms with Crippen LogP contribution in [0.2, 0.25) is 0 Å². The molecule has 6 heteroatoms. The molecule has 4 rings (SSSR count). The van der Waals surface area contributed by atoms with Gasteiger partial charge in [-0.3, -0.25) is 4.79 Å². The van der Waals surface area contributed by atoms with Crippen molar-refractivity contribution in [1.29, 1.82) is 0 Å². The number of Topliss-reactive ketones (excluding diaryl/α,β-unsaturated/α-hetero) is 1. The van der Waals surface area contributed by atoms with Gasteiger partial charge in [0.05, 0.1) is 25.0 Å². The summed E-state index contributed by atoms with van der Waals surface area (Å²) in [5, 5.41) is 7.50. The molecule has 0 radical (unpaired) electrons. The van der Waals surface area contributed by atoms with Gasteiger partial charge in [-0.2, -0.15) is 0 Å². The first-order chi connectivity index (χ1) is 13.3. The molecule has 0 bridgehead atoms. The summed E-state index contributed by atoms with van der Waals surface area (Å²) in [6.07, 6.45) is 1.32. The summed E-state index contributed by atoms with van der Waals surface area (Å²) >= 11 is 0. The number of carbonyl (C=O) groups excluding carboxylic acids is 1. The molecule has 1 aromatic carbocycles. The summed E-state index contributed by atoms with van der Waals surface area (Å²) < 4.78 is 16.8. The van der Waals surface area contributed by atoms with Gasteiger partial charge in [0.2, 0.25) is 5.88 Å². The van der Waals surface area contributed by atoms with Crippen LogP contribution in [0.3, 0.4) is 0 Å². The predicted octanol–water partition coefficient (Wildman–Crippen LogP) is 4.59. The van der Waals surface area contributed by atoms with Crippen molar-refractivity contribution in [2.75, 3.05) is 19.0 Å². The first-order valence-electron chi connectivity index (χ1n) is 9.64. The summed E-state index contributed by atoms with van der Waals surface area (Å²) in [5.74, 6) is 1.91. The van der Waals surface area contributed by atoms with Crippen LogP contribution in [0.1, 0.15) is 56.4 Å². The minimum atomic E-state index is -0.230. The number of nitrogens with one attached hydrogen (secondary N) is 1. The number of rotatable bonds is 4. The van der Waals surface area contributed by atoms with E-state index in [1.807, 2.05) is 32.0 Å². The molecule has 0 amide bonds. The van der Waals surface area contributed by atoms with Crippen molar-refractivity contribution in [2.24, 2.45) is 5.41 Å². The van der Waals surface area contributed by atoms with E-state index in [1.54, 1.807) is 7.11 Å². The molecule has 148 valence electrons. The standard InChI is InChI=1S/C22H26N2O4/c1-6-27-17-9-13(7-8-16(17)26-5)19-18-12(2)24-28-21(18)23-14-10-22(3,4)11-15(25)20(14)19/h7-9,19,23H,6,10-11H2,1-5H3/t19-/m1/s1. The van der Waals surface area contributed by atoms with Crippen LogP contribution in [-0.4, -0.2) is 24.7 Å². The quantitative estimate of drug-likeness (QED) is 0.834. The van der Waals surface area contributed by atoms with Crippen LogP contribution in [0.4, 0.5) is 5.88 Å². The third-order valence-corrected chi connectivity index (χ3v) is 5.49. The molecule has 1 N–H and O–H groups in total. The molecule has 6 nitrogen and oxygen atoms in total. The van der Waals surface area contributed by atoms with E-state index in [0.29, 0.717) is 30.4 Å². The molecule has 2 aromatic rings. The lowest BCUT2D eigenvalue weighted by Crippen LogP contribution is -2.33. The van der Waals surface area contributed by atoms with Crippen LogP contribution in [0.25, 0.3) is 0 Å². The van der Waals surface area contributed by atoms with E-state index < -0.39 is 0 Å². The van der Waals surface area contributed by atoms with Gasteiger partial charge in [-0.15, -0.1) is 0 Å². The number of ether oxygens (including phenoxy) is 2. The number of allylic oxidation sites excluding steroid dienone is 2. The average molecular weight is 382 g/mol. The Hall–Kier alpha value is -2.76. The van der Waals surface area contributed by atoms with Crippen molar-refractivity contribution in [1.82, 2.24) is 5.16 Å². The molecule has 0 fully saturated rings. The first kappa shape index (κ1) is 18.6. The molecule has 1 aliphatic heterocycles. The lowest BCUT2D eigenvalue weighted by Gasteiger charge is -2.37. The molecule has 28 heavy (non-hydrogen) atoms. The van der Waals surface area contributed by atoms with Gasteiger partial charge in [-0.1, -0.05) is 25.1 Å². The van der Waals surface area contributed by atoms with E-state index in [1.165, 1.54) is 0 Å². The maximum Gasteiger partial charge on any atom is 0.233 e. The number of methoxy groups -OCH3 is 1.